The van der Waals surface area contributed by atoms with E-state index in [1.165, 1.54) is 16.8 Å². The molecule has 0 amide bonds. The SMILES string of the molecule is Nc1ccc(=O)n(C2CCC(F)(F)CC2)n1. The van der Waals surface area contributed by atoms with Crippen molar-refractivity contribution in [2.75, 3.05) is 5.73 Å². The molecule has 2 N–H and O–H groups in total. The molecule has 0 bridgehead atoms. The molecule has 0 spiro atoms. The standard InChI is InChI=1S/C10H13F2N3O/c11-10(12)5-3-7(4-6-10)15-9(16)2-1-8(13)14-15/h1-2,7H,3-6H2,(H2,13,14). The number of nitrogen functional groups attached to an aromatic ring is 1. The largest absolute Gasteiger partial charge is 0.382 e. The number of hydrogen-bond donors (Lipinski definition) is 1. The predicted octanol–water partition coefficient (Wildman–Crippen LogP) is 1.58. The van der Waals surface area contributed by atoms with Crippen LogP contribution in [0.4, 0.5) is 14.6 Å². The Balaban J connectivity index is 2.20. The van der Waals surface area contributed by atoms with Gasteiger partial charge < -0.3 is 5.73 Å². The van der Waals surface area contributed by atoms with Crippen molar-refractivity contribution in [1.82, 2.24) is 9.78 Å². The number of nitrogens with zero attached hydrogens (tertiary/aromatic N) is 2. The van der Waals surface area contributed by atoms with Crippen LogP contribution in [0.1, 0.15) is 31.7 Å². The second-order valence-corrected chi connectivity index (χ2v) is 4.13. The Morgan fingerprint density at radius 1 is 1.38 bits per heavy atom. The van der Waals surface area contributed by atoms with E-state index in [2.05, 4.69) is 5.10 Å². The zero-order chi connectivity index (χ0) is 11.8. The molecule has 1 aliphatic carbocycles. The van der Waals surface area contributed by atoms with Crippen molar-refractivity contribution in [3.63, 3.8) is 0 Å². The first-order valence-electron chi connectivity index (χ1n) is 5.21. The van der Waals surface area contributed by atoms with E-state index in [0.717, 1.165) is 0 Å². The van der Waals surface area contributed by atoms with Gasteiger partial charge in [0.2, 0.25) is 5.92 Å². The van der Waals surface area contributed by atoms with Gasteiger partial charge in [0.1, 0.15) is 5.82 Å². The lowest BCUT2D eigenvalue weighted by Gasteiger charge is -2.28. The molecule has 0 aliphatic heterocycles. The molecule has 0 radical (unpaired) electrons. The van der Waals surface area contributed by atoms with Crippen LogP contribution < -0.4 is 11.3 Å². The van der Waals surface area contributed by atoms with E-state index < -0.39 is 5.92 Å². The van der Waals surface area contributed by atoms with Crippen molar-refractivity contribution in [2.45, 2.75) is 37.6 Å². The first-order valence-corrected chi connectivity index (χ1v) is 5.21. The van der Waals surface area contributed by atoms with Crippen molar-refractivity contribution < 1.29 is 8.78 Å². The third kappa shape index (κ3) is 2.20. The molecule has 0 aromatic carbocycles. The summed E-state index contributed by atoms with van der Waals surface area (Å²) >= 11 is 0. The highest BCUT2D eigenvalue weighted by molar-refractivity contribution is 5.23. The Bertz CT molecular complexity index is 434. The fourth-order valence-electron chi connectivity index (χ4n) is 1.97. The highest BCUT2D eigenvalue weighted by Crippen LogP contribution is 2.37. The molecule has 4 nitrogen and oxygen atoms in total. The quantitative estimate of drug-likeness (QED) is 0.795. The number of alkyl halides is 2. The summed E-state index contributed by atoms with van der Waals surface area (Å²) in [4.78, 5) is 11.5. The van der Waals surface area contributed by atoms with Gasteiger partial charge in [-0.3, -0.25) is 4.79 Å². The summed E-state index contributed by atoms with van der Waals surface area (Å²) in [6.07, 6.45) is 0.147. The van der Waals surface area contributed by atoms with Crippen LogP contribution >= 0.6 is 0 Å². The van der Waals surface area contributed by atoms with E-state index in [1.54, 1.807) is 0 Å². The maximum atomic E-state index is 12.9. The Morgan fingerprint density at radius 3 is 2.62 bits per heavy atom. The van der Waals surface area contributed by atoms with E-state index >= 15 is 0 Å². The van der Waals surface area contributed by atoms with Gasteiger partial charge in [0, 0.05) is 18.9 Å². The van der Waals surface area contributed by atoms with E-state index in [0.29, 0.717) is 0 Å². The van der Waals surface area contributed by atoms with Gasteiger partial charge in [-0.15, -0.1) is 0 Å². The van der Waals surface area contributed by atoms with Crippen molar-refractivity contribution in [2.24, 2.45) is 0 Å². The molecular formula is C10H13F2N3O. The van der Waals surface area contributed by atoms with Crippen LogP contribution in [0, 0.1) is 0 Å². The summed E-state index contributed by atoms with van der Waals surface area (Å²) in [7, 11) is 0. The van der Waals surface area contributed by atoms with E-state index in [-0.39, 0.29) is 43.1 Å². The first kappa shape index (κ1) is 11.0. The fraction of sp³-hybridized carbons (Fsp3) is 0.600. The molecule has 1 heterocycles. The Hall–Kier alpha value is -1.46. The summed E-state index contributed by atoms with van der Waals surface area (Å²) in [6.45, 7) is 0. The van der Waals surface area contributed by atoms with Gasteiger partial charge >= 0.3 is 0 Å². The Morgan fingerprint density at radius 2 is 2.00 bits per heavy atom. The van der Waals surface area contributed by atoms with Gasteiger partial charge in [0.15, 0.2) is 0 Å². The maximum Gasteiger partial charge on any atom is 0.267 e. The van der Waals surface area contributed by atoms with Crippen LogP contribution in [0.2, 0.25) is 0 Å². The molecule has 6 heteroatoms. The molecule has 1 aromatic rings. The van der Waals surface area contributed by atoms with Gasteiger partial charge in [0.05, 0.1) is 6.04 Å². The molecule has 16 heavy (non-hydrogen) atoms. The van der Waals surface area contributed by atoms with E-state index in [9.17, 15) is 13.6 Å². The third-order valence-corrected chi connectivity index (χ3v) is 2.88. The molecule has 2 rings (SSSR count). The predicted molar refractivity (Wildman–Crippen MR) is 55.4 cm³/mol. The minimum Gasteiger partial charge on any atom is -0.382 e. The lowest BCUT2D eigenvalue weighted by Crippen LogP contribution is -2.33. The average Bonchev–Trinajstić information content (AvgIpc) is 2.22. The second kappa shape index (κ2) is 3.84. The number of nitrogens with two attached hydrogens (primary N) is 1. The summed E-state index contributed by atoms with van der Waals surface area (Å²) < 4.78 is 27.1. The minimum absolute atomic E-state index is 0.194. The van der Waals surface area contributed by atoms with Gasteiger partial charge in [0.25, 0.3) is 5.56 Å². The van der Waals surface area contributed by atoms with Gasteiger partial charge in [-0.25, -0.2) is 13.5 Å². The molecule has 0 atom stereocenters. The van der Waals surface area contributed by atoms with Crippen LogP contribution in [-0.2, 0) is 0 Å². The monoisotopic (exact) mass is 229 g/mol. The molecule has 88 valence electrons. The first-order chi connectivity index (χ1) is 7.48. The second-order valence-electron chi connectivity index (χ2n) is 4.13. The number of hydrogen-bond acceptors (Lipinski definition) is 3. The zero-order valence-corrected chi connectivity index (χ0v) is 8.70. The van der Waals surface area contributed by atoms with Gasteiger partial charge in [-0.05, 0) is 18.9 Å². The Kier molecular flexibility index (Phi) is 2.65. The maximum absolute atomic E-state index is 12.9. The normalized spacial score (nSPS) is 20.9. The molecule has 0 unspecified atom stereocenters. The number of anilines is 1. The minimum atomic E-state index is -2.60. The highest BCUT2D eigenvalue weighted by atomic mass is 19.3. The molecule has 0 saturated heterocycles. The summed E-state index contributed by atoms with van der Waals surface area (Å²) in [6, 6.07) is 2.47. The third-order valence-electron chi connectivity index (χ3n) is 2.88. The van der Waals surface area contributed by atoms with Gasteiger partial charge in [-0.2, -0.15) is 5.10 Å². The molecule has 1 aliphatic rings. The fourth-order valence-corrected chi connectivity index (χ4v) is 1.97. The van der Waals surface area contributed by atoms with Crippen molar-refractivity contribution >= 4 is 5.82 Å². The topological polar surface area (TPSA) is 60.9 Å². The molecule has 1 aromatic heterocycles. The molecule has 1 fully saturated rings. The molecular weight excluding hydrogens is 216 g/mol. The Labute approximate surface area is 91.1 Å². The van der Waals surface area contributed by atoms with Crippen LogP contribution in [0.3, 0.4) is 0 Å². The highest BCUT2D eigenvalue weighted by Gasteiger charge is 2.36. The summed E-state index contributed by atoms with van der Waals surface area (Å²) in [5.41, 5.74) is 5.18. The van der Waals surface area contributed by atoms with Gasteiger partial charge in [-0.1, -0.05) is 0 Å². The lowest BCUT2D eigenvalue weighted by atomic mass is 9.92. The van der Waals surface area contributed by atoms with Crippen molar-refractivity contribution in [3.05, 3.63) is 22.5 Å². The van der Waals surface area contributed by atoms with Crippen LogP contribution in [0.5, 0.6) is 0 Å². The number of rotatable bonds is 1. The zero-order valence-electron chi connectivity index (χ0n) is 8.70. The van der Waals surface area contributed by atoms with Crippen molar-refractivity contribution in [1.29, 1.82) is 0 Å². The summed E-state index contributed by atoms with van der Waals surface area (Å²) in [5, 5.41) is 3.88. The van der Waals surface area contributed by atoms with Crippen LogP contribution in [-0.4, -0.2) is 15.7 Å². The lowest BCUT2D eigenvalue weighted by molar-refractivity contribution is -0.0453. The van der Waals surface area contributed by atoms with E-state index in [1.807, 2.05) is 0 Å². The average molecular weight is 229 g/mol. The summed E-state index contributed by atoms with van der Waals surface area (Å²) in [5.74, 6) is -2.36. The molecule has 1 saturated carbocycles. The van der Waals surface area contributed by atoms with Crippen molar-refractivity contribution in [3.8, 4) is 0 Å². The number of aromatic nitrogens is 2. The van der Waals surface area contributed by atoms with E-state index in [4.69, 9.17) is 5.73 Å². The van der Waals surface area contributed by atoms with Crippen LogP contribution in [0.25, 0.3) is 0 Å². The van der Waals surface area contributed by atoms with Crippen LogP contribution in [0.15, 0.2) is 16.9 Å². The number of halogens is 2. The smallest absolute Gasteiger partial charge is 0.267 e.